The predicted molar refractivity (Wildman–Crippen MR) is 80.6 cm³/mol. The number of nitriles is 1. The molecule has 0 aliphatic heterocycles. The summed E-state index contributed by atoms with van der Waals surface area (Å²) in [4.78, 5) is 23.7. The molecular formula is C14H17N3O4S. The van der Waals surface area contributed by atoms with E-state index >= 15 is 0 Å². The van der Waals surface area contributed by atoms with Crippen molar-refractivity contribution in [2.24, 2.45) is 0 Å². The molecule has 1 aromatic rings. The van der Waals surface area contributed by atoms with E-state index < -0.39 is 26.9 Å². The van der Waals surface area contributed by atoms with Crippen molar-refractivity contribution in [2.45, 2.75) is 11.7 Å². The SMILES string of the molecule is CS(=O)(=O)C(CNC(=O)c1ccccc1)C(=O)NCCC#N. The van der Waals surface area contributed by atoms with Gasteiger partial charge in [-0.3, -0.25) is 9.59 Å². The van der Waals surface area contributed by atoms with E-state index in [4.69, 9.17) is 5.26 Å². The largest absolute Gasteiger partial charge is 0.354 e. The number of carbonyl (C=O) groups excluding carboxylic acids is 2. The summed E-state index contributed by atoms with van der Waals surface area (Å²) in [6, 6.07) is 10.1. The van der Waals surface area contributed by atoms with Gasteiger partial charge in [-0.25, -0.2) is 8.42 Å². The molecule has 0 radical (unpaired) electrons. The van der Waals surface area contributed by atoms with Gasteiger partial charge in [-0.1, -0.05) is 18.2 Å². The molecule has 0 bridgehead atoms. The van der Waals surface area contributed by atoms with Crippen LogP contribution in [0.5, 0.6) is 0 Å². The fourth-order valence-electron chi connectivity index (χ4n) is 1.67. The van der Waals surface area contributed by atoms with E-state index in [0.717, 1.165) is 6.26 Å². The first-order chi connectivity index (χ1) is 10.4. The molecule has 118 valence electrons. The van der Waals surface area contributed by atoms with Crippen LogP contribution in [0, 0.1) is 11.3 Å². The molecule has 2 amide bonds. The average molecular weight is 323 g/mol. The van der Waals surface area contributed by atoms with Crippen LogP contribution in [0.4, 0.5) is 0 Å². The molecule has 1 atom stereocenters. The van der Waals surface area contributed by atoms with Crippen LogP contribution < -0.4 is 10.6 Å². The molecule has 1 aromatic carbocycles. The molecule has 0 aromatic heterocycles. The van der Waals surface area contributed by atoms with Crippen molar-refractivity contribution in [1.82, 2.24) is 10.6 Å². The van der Waals surface area contributed by atoms with E-state index in [-0.39, 0.29) is 19.5 Å². The maximum absolute atomic E-state index is 11.9. The second kappa shape index (κ2) is 8.14. The highest BCUT2D eigenvalue weighted by Gasteiger charge is 2.29. The van der Waals surface area contributed by atoms with E-state index in [1.807, 2.05) is 6.07 Å². The second-order valence-electron chi connectivity index (χ2n) is 4.59. The van der Waals surface area contributed by atoms with Crippen molar-refractivity contribution < 1.29 is 18.0 Å². The number of sulfone groups is 1. The smallest absolute Gasteiger partial charge is 0.251 e. The van der Waals surface area contributed by atoms with Crippen LogP contribution in [0.25, 0.3) is 0 Å². The summed E-state index contributed by atoms with van der Waals surface area (Å²) in [5.41, 5.74) is 0.375. The lowest BCUT2D eigenvalue weighted by Gasteiger charge is -2.15. The van der Waals surface area contributed by atoms with Crippen LogP contribution in [-0.4, -0.2) is 44.8 Å². The highest BCUT2D eigenvalue weighted by molar-refractivity contribution is 7.92. The third kappa shape index (κ3) is 5.54. The van der Waals surface area contributed by atoms with Crippen LogP contribution >= 0.6 is 0 Å². The van der Waals surface area contributed by atoms with Crippen molar-refractivity contribution in [3.8, 4) is 6.07 Å². The molecule has 0 heterocycles. The fraction of sp³-hybridized carbons (Fsp3) is 0.357. The molecule has 0 aliphatic rings. The van der Waals surface area contributed by atoms with Crippen molar-refractivity contribution in [3.63, 3.8) is 0 Å². The average Bonchev–Trinajstić information content (AvgIpc) is 2.47. The number of rotatable bonds is 7. The first-order valence-corrected chi connectivity index (χ1v) is 8.48. The normalized spacial score (nSPS) is 12.0. The predicted octanol–water partition coefficient (Wildman–Crippen LogP) is -0.141. The van der Waals surface area contributed by atoms with E-state index in [9.17, 15) is 18.0 Å². The van der Waals surface area contributed by atoms with E-state index in [2.05, 4.69) is 10.6 Å². The zero-order valence-electron chi connectivity index (χ0n) is 12.1. The lowest BCUT2D eigenvalue weighted by Crippen LogP contribution is -2.47. The first-order valence-electron chi connectivity index (χ1n) is 6.53. The third-order valence-electron chi connectivity index (χ3n) is 2.83. The Hall–Kier alpha value is -2.40. The van der Waals surface area contributed by atoms with E-state index in [1.165, 1.54) is 0 Å². The molecule has 2 N–H and O–H groups in total. The van der Waals surface area contributed by atoms with Gasteiger partial charge in [-0.15, -0.1) is 0 Å². The molecule has 1 unspecified atom stereocenters. The van der Waals surface area contributed by atoms with Crippen molar-refractivity contribution in [3.05, 3.63) is 35.9 Å². The molecule has 0 aliphatic carbocycles. The standard InChI is InChI=1S/C14H17N3O4S/c1-22(20,21)12(14(19)16-9-5-8-15)10-17-13(18)11-6-3-2-4-7-11/h2-4,6-7,12H,5,9-10H2,1H3,(H,16,19)(H,17,18). The van der Waals surface area contributed by atoms with Gasteiger partial charge in [0.25, 0.3) is 5.91 Å². The van der Waals surface area contributed by atoms with Gasteiger partial charge in [-0.2, -0.15) is 5.26 Å². The summed E-state index contributed by atoms with van der Waals surface area (Å²) in [6.07, 6.45) is 1.01. The Labute approximate surface area is 129 Å². The minimum atomic E-state index is -3.69. The second-order valence-corrected chi connectivity index (χ2v) is 6.82. The number of amides is 2. The highest BCUT2D eigenvalue weighted by atomic mass is 32.2. The molecular weight excluding hydrogens is 306 g/mol. The molecule has 1 rings (SSSR count). The van der Waals surface area contributed by atoms with E-state index in [1.54, 1.807) is 30.3 Å². The van der Waals surface area contributed by atoms with Crippen molar-refractivity contribution >= 4 is 21.7 Å². The Morgan fingerprint density at radius 3 is 2.41 bits per heavy atom. The van der Waals surface area contributed by atoms with Gasteiger partial charge in [0.15, 0.2) is 15.1 Å². The Bertz CT molecular complexity index is 665. The van der Waals surface area contributed by atoms with Crippen molar-refractivity contribution in [1.29, 1.82) is 5.26 Å². The van der Waals surface area contributed by atoms with Crippen LogP contribution in [-0.2, 0) is 14.6 Å². The van der Waals surface area contributed by atoms with Gasteiger partial charge in [0.1, 0.15) is 0 Å². The fourth-order valence-corrected chi connectivity index (χ4v) is 2.53. The van der Waals surface area contributed by atoms with Gasteiger partial charge in [0.05, 0.1) is 12.5 Å². The molecule has 0 saturated carbocycles. The highest BCUT2D eigenvalue weighted by Crippen LogP contribution is 2.01. The van der Waals surface area contributed by atoms with Crippen LogP contribution in [0.2, 0.25) is 0 Å². The maximum Gasteiger partial charge on any atom is 0.251 e. The molecule has 7 nitrogen and oxygen atoms in total. The lowest BCUT2D eigenvalue weighted by atomic mass is 10.2. The minimum Gasteiger partial charge on any atom is -0.354 e. The Morgan fingerprint density at radius 1 is 1.23 bits per heavy atom. The molecule has 8 heteroatoms. The van der Waals surface area contributed by atoms with Gasteiger partial charge in [0, 0.05) is 24.9 Å². The molecule has 0 saturated heterocycles. The number of nitrogens with zero attached hydrogens (tertiary/aromatic N) is 1. The number of hydrogen-bond acceptors (Lipinski definition) is 5. The molecule has 0 fully saturated rings. The summed E-state index contributed by atoms with van der Waals surface area (Å²) in [6.45, 7) is -0.265. The number of hydrogen-bond donors (Lipinski definition) is 2. The zero-order valence-corrected chi connectivity index (χ0v) is 12.9. The molecule has 22 heavy (non-hydrogen) atoms. The summed E-state index contributed by atoms with van der Waals surface area (Å²) in [5, 5.41) is 11.8. The monoisotopic (exact) mass is 323 g/mol. The van der Waals surface area contributed by atoms with E-state index in [0.29, 0.717) is 5.56 Å². The lowest BCUT2D eigenvalue weighted by molar-refractivity contribution is -0.120. The summed E-state index contributed by atoms with van der Waals surface area (Å²) in [7, 11) is -3.69. The Balaban J connectivity index is 2.69. The van der Waals surface area contributed by atoms with Gasteiger partial charge >= 0.3 is 0 Å². The number of carbonyl (C=O) groups is 2. The summed E-state index contributed by atoms with van der Waals surface area (Å²) < 4.78 is 23.4. The minimum absolute atomic E-state index is 0.0635. The first kappa shape index (κ1) is 17.7. The van der Waals surface area contributed by atoms with Gasteiger partial charge < -0.3 is 10.6 Å². The zero-order chi connectivity index (χ0) is 16.6. The third-order valence-corrected chi connectivity index (χ3v) is 4.24. The maximum atomic E-state index is 11.9. The summed E-state index contributed by atoms with van der Waals surface area (Å²) >= 11 is 0. The number of benzene rings is 1. The topological polar surface area (TPSA) is 116 Å². The van der Waals surface area contributed by atoms with Crippen LogP contribution in [0.15, 0.2) is 30.3 Å². The van der Waals surface area contributed by atoms with Crippen molar-refractivity contribution in [2.75, 3.05) is 19.3 Å². The quantitative estimate of drug-likeness (QED) is 0.677. The molecule has 0 spiro atoms. The Morgan fingerprint density at radius 2 is 1.86 bits per heavy atom. The van der Waals surface area contributed by atoms with Gasteiger partial charge in [0.2, 0.25) is 5.91 Å². The number of nitrogens with one attached hydrogen (secondary N) is 2. The summed E-state index contributed by atoms with van der Waals surface area (Å²) in [5.74, 6) is -1.19. The Kier molecular flexibility index (Phi) is 6.53. The van der Waals surface area contributed by atoms with Gasteiger partial charge in [-0.05, 0) is 12.1 Å². The van der Waals surface area contributed by atoms with Crippen LogP contribution in [0.3, 0.4) is 0 Å². The van der Waals surface area contributed by atoms with Crippen LogP contribution in [0.1, 0.15) is 16.8 Å².